The summed E-state index contributed by atoms with van der Waals surface area (Å²) in [7, 11) is 0. The molecule has 0 aromatic rings. The summed E-state index contributed by atoms with van der Waals surface area (Å²) in [5.74, 6) is -0.889. The molecule has 6 nitrogen and oxygen atoms in total. The Bertz CT molecular complexity index is 718. The summed E-state index contributed by atoms with van der Waals surface area (Å²) in [6.45, 7) is 8.10. The summed E-state index contributed by atoms with van der Waals surface area (Å²) < 4.78 is 17.2. The predicted molar refractivity (Wildman–Crippen MR) is 80.4 cm³/mol. The Kier molecular flexibility index (Phi) is 2.41. The van der Waals surface area contributed by atoms with Crippen molar-refractivity contribution in [3.05, 3.63) is 11.1 Å². The van der Waals surface area contributed by atoms with Crippen LogP contribution < -0.4 is 0 Å². The number of fused-ring (bicyclic) bond motifs is 1. The van der Waals surface area contributed by atoms with Crippen molar-refractivity contribution in [1.82, 2.24) is 0 Å². The first-order valence-electron chi connectivity index (χ1n) is 8.64. The summed E-state index contributed by atoms with van der Waals surface area (Å²) >= 11 is 0. The zero-order valence-corrected chi connectivity index (χ0v) is 14.3. The molecular formula is C18H22O6. The number of hydrogen-bond acceptors (Lipinski definition) is 6. The molecule has 2 saturated carbocycles. The maximum absolute atomic E-state index is 12.9. The van der Waals surface area contributed by atoms with Crippen LogP contribution in [-0.2, 0) is 23.8 Å². The van der Waals surface area contributed by atoms with E-state index < -0.39 is 35.3 Å². The Morgan fingerprint density at radius 2 is 1.92 bits per heavy atom. The molecule has 0 unspecified atom stereocenters. The second-order valence-electron chi connectivity index (χ2n) is 8.99. The number of hydrogen-bond donors (Lipinski definition) is 1. The van der Waals surface area contributed by atoms with Gasteiger partial charge in [-0.25, -0.2) is 9.59 Å². The van der Waals surface area contributed by atoms with E-state index >= 15 is 0 Å². The first-order chi connectivity index (χ1) is 11.1. The van der Waals surface area contributed by atoms with Gasteiger partial charge in [0.25, 0.3) is 0 Å². The number of esters is 2. The van der Waals surface area contributed by atoms with Gasteiger partial charge in [-0.2, -0.15) is 0 Å². The van der Waals surface area contributed by atoms with Crippen LogP contribution in [0.1, 0.15) is 40.5 Å². The van der Waals surface area contributed by atoms with Crippen LogP contribution in [0.2, 0.25) is 0 Å². The fraction of sp³-hybridized carbons (Fsp3) is 0.778. The predicted octanol–water partition coefficient (Wildman–Crippen LogP) is 1.31. The quantitative estimate of drug-likeness (QED) is 0.673. The molecule has 0 radical (unpaired) electrons. The minimum absolute atomic E-state index is 0.0472. The molecule has 7 atom stereocenters. The normalized spacial score (nSPS) is 51.6. The van der Waals surface area contributed by atoms with Crippen molar-refractivity contribution in [2.75, 3.05) is 0 Å². The van der Waals surface area contributed by atoms with Gasteiger partial charge in [-0.05, 0) is 24.7 Å². The summed E-state index contributed by atoms with van der Waals surface area (Å²) in [5.41, 5.74) is -0.988. The molecule has 0 aromatic carbocycles. The van der Waals surface area contributed by atoms with Gasteiger partial charge in [0.2, 0.25) is 5.60 Å². The molecule has 2 aliphatic carbocycles. The fourth-order valence-corrected chi connectivity index (χ4v) is 6.34. The minimum Gasteiger partial charge on any atom is -0.459 e. The molecule has 24 heavy (non-hydrogen) atoms. The Balaban J connectivity index is 1.76. The van der Waals surface area contributed by atoms with Crippen molar-refractivity contribution in [1.29, 1.82) is 0 Å². The zero-order chi connectivity index (χ0) is 17.2. The third-order valence-electron chi connectivity index (χ3n) is 7.16. The highest BCUT2D eigenvalue weighted by Crippen LogP contribution is 2.76. The molecule has 2 saturated heterocycles. The fourth-order valence-electron chi connectivity index (χ4n) is 6.34. The van der Waals surface area contributed by atoms with Gasteiger partial charge in [0, 0.05) is 23.5 Å². The number of ether oxygens (including phenoxy) is 3. The molecule has 4 fully saturated rings. The SMILES string of the molecule is CC1=C2[C@@H](C[C@]34[C@@H]5[C@H](C(C)(C)C)C[C@H]3OC(=O)[C@]24O[C@@H]5O)OC1=O. The van der Waals surface area contributed by atoms with Crippen LogP contribution in [0.4, 0.5) is 0 Å². The first kappa shape index (κ1) is 14.9. The Labute approximate surface area is 140 Å². The maximum atomic E-state index is 12.9. The summed E-state index contributed by atoms with van der Waals surface area (Å²) in [5, 5.41) is 10.8. The van der Waals surface area contributed by atoms with Crippen molar-refractivity contribution >= 4 is 11.9 Å². The molecule has 3 aliphatic heterocycles. The molecule has 130 valence electrons. The van der Waals surface area contributed by atoms with Crippen molar-refractivity contribution in [3.8, 4) is 0 Å². The van der Waals surface area contributed by atoms with E-state index in [1.165, 1.54) is 0 Å². The maximum Gasteiger partial charge on any atom is 0.344 e. The molecule has 0 bridgehead atoms. The summed E-state index contributed by atoms with van der Waals surface area (Å²) in [4.78, 5) is 24.9. The number of aliphatic hydroxyl groups excluding tert-OH is 1. The van der Waals surface area contributed by atoms with E-state index in [1.54, 1.807) is 6.92 Å². The van der Waals surface area contributed by atoms with E-state index in [1.807, 2.05) is 0 Å². The lowest BCUT2D eigenvalue weighted by Gasteiger charge is -2.36. The van der Waals surface area contributed by atoms with E-state index in [-0.39, 0.29) is 23.4 Å². The summed E-state index contributed by atoms with van der Waals surface area (Å²) in [6, 6.07) is 0. The minimum atomic E-state index is -1.34. The largest absolute Gasteiger partial charge is 0.459 e. The van der Waals surface area contributed by atoms with Crippen LogP contribution in [0.15, 0.2) is 11.1 Å². The van der Waals surface area contributed by atoms with Crippen LogP contribution in [0.5, 0.6) is 0 Å². The van der Waals surface area contributed by atoms with Crippen LogP contribution >= 0.6 is 0 Å². The van der Waals surface area contributed by atoms with Crippen molar-refractivity contribution in [3.63, 3.8) is 0 Å². The van der Waals surface area contributed by atoms with Crippen LogP contribution in [0.25, 0.3) is 0 Å². The molecule has 1 spiro atoms. The van der Waals surface area contributed by atoms with Crippen molar-refractivity contribution in [2.24, 2.45) is 22.7 Å². The van der Waals surface area contributed by atoms with Gasteiger partial charge < -0.3 is 19.3 Å². The standard InChI is InChI=1S/C18H22O6/c1-7-11-9(22-13(7)19)6-17-10-5-8(16(2,3)4)12(17)14(20)24-18(11,17)15(21)23-10/h8-10,12,14,20H,5-6H2,1-4H3/t8-,9-,10-,12-,14+,17-,18-/m1/s1. The third-order valence-corrected chi connectivity index (χ3v) is 7.16. The van der Waals surface area contributed by atoms with Crippen molar-refractivity contribution < 1.29 is 28.9 Å². The number of aliphatic hydroxyl groups is 1. The van der Waals surface area contributed by atoms with E-state index in [2.05, 4.69) is 20.8 Å². The van der Waals surface area contributed by atoms with Crippen LogP contribution in [0.3, 0.4) is 0 Å². The Hall–Kier alpha value is -1.40. The highest BCUT2D eigenvalue weighted by Gasteiger charge is 2.87. The molecule has 3 heterocycles. The third kappa shape index (κ3) is 1.25. The lowest BCUT2D eigenvalue weighted by molar-refractivity contribution is -0.177. The second kappa shape index (κ2) is 3.88. The molecule has 0 amide bonds. The number of carbonyl (C=O) groups excluding carboxylic acids is 2. The van der Waals surface area contributed by atoms with Gasteiger partial charge in [-0.3, -0.25) is 0 Å². The highest BCUT2D eigenvalue weighted by atomic mass is 16.7. The first-order valence-corrected chi connectivity index (χ1v) is 8.64. The van der Waals surface area contributed by atoms with Gasteiger partial charge in [-0.15, -0.1) is 0 Å². The smallest absolute Gasteiger partial charge is 0.344 e. The van der Waals surface area contributed by atoms with Gasteiger partial charge in [0.15, 0.2) is 6.29 Å². The monoisotopic (exact) mass is 334 g/mol. The second-order valence-corrected chi connectivity index (χ2v) is 8.99. The molecule has 6 heteroatoms. The van der Waals surface area contributed by atoms with Gasteiger partial charge >= 0.3 is 11.9 Å². The van der Waals surface area contributed by atoms with E-state index in [0.717, 1.165) is 6.42 Å². The van der Waals surface area contributed by atoms with Gasteiger partial charge in [-0.1, -0.05) is 20.8 Å². The lowest BCUT2D eigenvalue weighted by Crippen LogP contribution is -2.47. The Morgan fingerprint density at radius 1 is 1.21 bits per heavy atom. The topological polar surface area (TPSA) is 82.1 Å². The average Bonchev–Trinajstić information content (AvgIpc) is 3.12. The van der Waals surface area contributed by atoms with E-state index in [0.29, 0.717) is 17.6 Å². The number of carbonyl (C=O) groups is 2. The van der Waals surface area contributed by atoms with E-state index in [9.17, 15) is 14.7 Å². The van der Waals surface area contributed by atoms with Gasteiger partial charge in [0.05, 0.1) is 5.41 Å². The van der Waals surface area contributed by atoms with Crippen LogP contribution in [-0.4, -0.2) is 41.1 Å². The molecule has 0 aromatic heterocycles. The molecule has 5 aliphatic rings. The summed E-state index contributed by atoms with van der Waals surface area (Å²) in [6.07, 6.45) is -0.530. The van der Waals surface area contributed by atoms with Gasteiger partial charge in [0.1, 0.15) is 12.2 Å². The lowest BCUT2D eigenvalue weighted by atomic mass is 9.64. The highest BCUT2D eigenvalue weighted by molar-refractivity contribution is 5.99. The Morgan fingerprint density at radius 3 is 2.58 bits per heavy atom. The van der Waals surface area contributed by atoms with Crippen molar-refractivity contribution in [2.45, 2.75) is 64.6 Å². The average molecular weight is 334 g/mol. The molecular weight excluding hydrogens is 312 g/mol. The molecule has 5 rings (SSSR count). The van der Waals surface area contributed by atoms with E-state index in [4.69, 9.17) is 14.2 Å². The molecule has 1 N–H and O–H groups in total. The van der Waals surface area contributed by atoms with Crippen LogP contribution in [0, 0.1) is 22.7 Å². The number of rotatable bonds is 0. The zero-order valence-electron chi connectivity index (χ0n) is 14.3.